The smallest absolute Gasteiger partial charge is 0.147 e. The number of Topliss-reactive ketones (excluding diaryl/α,β-unsaturated/α-hetero) is 2. The highest BCUT2D eigenvalue weighted by Crippen LogP contribution is 2.28. The molecule has 3 rings (SSSR count). The average Bonchev–Trinajstić information content (AvgIpc) is 2.81. The maximum Gasteiger partial charge on any atom is 0.147 e. The van der Waals surface area contributed by atoms with E-state index in [0.29, 0.717) is 25.2 Å². The van der Waals surface area contributed by atoms with E-state index in [4.69, 9.17) is 4.74 Å². The van der Waals surface area contributed by atoms with E-state index in [1.165, 1.54) is 38.5 Å². The van der Waals surface area contributed by atoms with Gasteiger partial charge in [0.15, 0.2) is 0 Å². The molecule has 0 radical (unpaired) electrons. The van der Waals surface area contributed by atoms with Crippen molar-refractivity contribution >= 4 is 11.6 Å². The van der Waals surface area contributed by atoms with Crippen LogP contribution in [0.4, 0.5) is 0 Å². The fraction of sp³-hybridized carbons (Fsp3) is 0.533. The molecule has 0 amide bonds. The van der Waals surface area contributed by atoms with Gasteiger partial charge in [-0.25, -0.2) is 0 Å². The van der Waals surface area contributed by atoms with Gasteiger partial charge in [0, 0.05) is 12.8 Å². The van der Waals surface area contributed by atoms with Crippen molar-refractivity contribution in [1.29, 1.82) is 0 Å². The van der Waals surface area contributed by atoms with Crippen molar-refractivity contribution < 1.29 is 14.3 Å². The molecule has 178 valence electrons. The summed E-state index contributed by atoms with van der Waals surface area (Å²) in [6, 6.07) is 16.4. The third-order valence-electron chi connectivity index (χ3n) is 6.81. The van der Waals surface area contributed by atoms with Gasteiger partial charge in [0.2, 0.25) is 0 Å². The summed E-state index contributed by atoms with van der Waals surface area (Å²) in [5, 5.41) is 0. The number of hydrogen-bond acceptors (Lipinski definition) is 3. The number of rotatable bonds is 13. The monoisotopic (exact) mass is 448 g/mol. The normalized spacial score (nSPS) is 18.3. The highest BCUT2D eigenvalue weighted by molar-refractivity contribution is 6.03. The largest absolute Gasteiger partial charge is 0.494 e. The minimum absolute atomic E-state index is 0.0714. The minimum Gasteiger partial charge on any atom is -0.494 e. The van der Waals surface area contributed by atoms with E-state index in [1.807, 2.05) is 24.3 Å². The molecule has 0 spiro atoms. The van der Waals surface area contributed by atoms with Crippen LogP contribution in [-0.2, 0) is 16.0 Å². The van der Waals surface area contributed by atoms with Gasteiger partial charge in [-0.1, -0.05) is 88.8 Å². The molecule has 0 heterocycles. The van der Waals surface area contributed by atoms with Crippen LogP contribution in [0.3, 0.4) is 0 Å². The molecule has 0 N–H and O–H groups in total. The molecule has 1 aliphatic carbocycles. The van der Waals surface area contributed by atoms with Crippen molar-refractivity contribution in [1.82, 2.24) is 0 Å². The van der Waals surface area contributed by atoms with Crippen molar-refractivity contribution in [2.75, 3.05) is 6.61 Å². The Morgan fingerprint density at radius 1 is 0.848 bits per heavy atom. The summed E-state index contributed by atoms with van der Waals surface area (Å²) >= 11 is 0. The number of benzene rings is 2. The van der Waals surface area contributed by atoms with E-state index >= 15 is 0 Å². The second-order valence-electron chi connectivity index (χ2n) is 9.74. The number of unbranched alkanes of at least 4 members (excludes halogenated alkanes) is 6. The summed E-state index contributed by atoms with van der Waals surface area (Å²) in [6.07, 6.45) is 11.6. The number of ether oxygens (including phenoxy) is 1. The van der Waals surface area contributed by atoms with Crippen LogP contribution in [0.25, 0.3) is 11.1 Å². The van der Waals surface area contributed by atoms with Crippen molar-refractivity contribution in [2.24, 2.45) is 11.8 Å². The van der Waals surface area contributed by atoms with Gasteiger partial charge in [-0.05, 0) is 54.0 Å². The van der Waals surface area contributed by atoms with Crippen LogP contribution in [-0.4, -0.2) is 18.2 Å². The lowest BCUT2D eigenvalue weighted by atomic mass is 9.78. The van der Waals surface area contributed by atoms with Gasteiger partial charge >= 0.3 is 0 Å². The van der Waals surface area contributed by atoms with Gasteiger partial charge in [-0.3, -0.25) is 9.59 Å². The fourth-order valence-corrected chi connectivity index (χ4v) is 4.67. The molecule has 0 aliphatic heterocycles. The van der Waals surface area contributed by atoms with Gasteiger partial charge in [0.1, 0.15) is 17.3 Å². The Morgan fingerprint density at radius 2 is 1.45 bits per heavy atom. The molecule has 0 aromatic heterocycles. The molecule has 3 heteroatoms. The summed E-state index contributed by atoms with van der Waals surface area (Å²) < 4.78 is 5.90. The Balaban J connectivity index is 1.43. The van der Waals surface area contributed by atoms with E-state index in [1.54, 1.807) is 0 Å². The molecular formula is C30H40O3. The second-order valence-corrected chi connectivity index (χ2v) is 9.74. The van der Waals surface area contributed by atoms with Crippen molar-refractivity contribution in [3.8, 4) is 16.9 Å². The molecule has 3 nitrogen and oxygen atoms in total. The zero-order chi connectivity index (χ0) is 23.5. The maximum absolute atomic E-state index is 12.6. The quantitative estimate of drug-likeness (QED) is 0.234. The molecule has 1 fully saturated rings. The Morgan fingerprint density at radius 3 is 2.09 bits per heavy atom. The van der Waals surface area contributed by atoms with Crippen molar-refractivity contribution in [2.45, 2.75) is 84.5 Å². The number of ketones is 2. The molecule has 1 saturated carbocycles. The van der Waals surface area contributed by atoms with Crippen LogP contribution < -0.4 is 4.74 Å². The van der Waals surface area contributed by atoms with E-state index in [9.17, 15) is 9.59 Å². The molecule has 33 heavy (non-hydrogen) atoms. The molecule has 2 aromatic rings. The van der Waals surface area contributed by atoms with Crippen LogP contribution in [0, 0.1) is 11.8 Å². The van der Waals surface area contributed by atoms with Gasteiger partial charge in [0.25, 0.3) is 0 Å². The van der Waals surface area contributed by atoms with Crippen molar-refractivity contribution in [3.63, 3.8) is 0 Å². The molecule has 2 unspecified atom stereocenters. The zero-order valence-corrected chi connectivity index (χ0v) is 20.5. The van der Waals surface area contributed by atoms with E-state index < -0.39 is 5.92 Å². The van der Waals surface area contributed by atoms with Gasteiger partial charge in [0.05, 0.1) is 12.5 Å². The SMILES string of the molecule is CCCCCCCCCOc1ccc(-c2ccc(CC(=O)C3CCC(C)CC3=O)cc2)cc1. The summed E-state index contributed by atoms with van der Waals surface area (Å²) in [6.45, 7) is 5.12. The lowest BCUT2D eigenvalue weighted by Crippen LogP contribution is -2.31. The van der Waals surface area contributed by atoms with Gasteiger partial charge < -0.3 is 4.74 Å². The highest BCUT2D eigenvalue weighted by Gasteiger charge is 2.31. The van der Waals surface area contributed by atoms with E-state index in [2.05, 4.69) is 38.1 Å². The third kappa shape index (κ3) is 8.14. The number of hydrogen-bond donors (Lipinski definition) is 0. The van der Waals surface area contributed by atoms with Crippen LogP contribution in [0.15, 0.2) is 48.5 Å². The lowest BCUT2D eigenvalue weighted by molar-refractivity contribution is -0.134. The molecule has 0 bridgehead atoms. The first-order chi connectivity index (χ1) is 16.1. The Kier molecular flexibility index (Phi) is 10.2. The maximum atomic E-state index is 12.6. The highest BCUT2D eigenvalue weighted by atomic mass is 16.5. The van der Waals surface area contributed by atoms with Crippen LogP contribution >= 0.6 is 0 Å². The summed E-state index contributed by atoms with van der Waals surface area (Å²) in [5.41, 5.74) is 3.23. The van der Waals surface area contributed by atoms with Crippen molar-refractivity contribution in [3.05, 3.63) is 54.1 Å². The molecule has 2 atom stereocenters. The lowest BCUT2D eigenvalue weighted by Gasteiger charge is -2.23. The average molecular weight is 449 g/mol. The van der Waals surface area contributed by atoms with Crippen LogP contribution in [0.2, 0.25) is 0 Å². The van der Waals surface area contributed by atoms with Gasteiger partial charge in [-0.15, -0.1) is 0 Å². The summed E-state index contributed by atoms with van der Waals surface area (Å²) in [7, 11) is 0. The van der Waals surface area contributed by atoms with Crippen LogP contribution in [0.1, 0.15) is 83.6 Å². The first kappa shape index (κ1) is 25.2. The second kappa shape index (κ2) is 13.3. The molecule has 2 aromatic carbocycles. The Bertz CT molecular complexity index is 866. The number of carbonyl (C=O) groups excluding carboxylic acids is 2. The van der Waals surface area contributed by atoms with E-state index in [-0.39, 0.29) is 11.6 Å². The zero-order valence-electron chi connectivity index (χ0n) is 20.5. The Labute approximate surface area is 199 Å². The third-order valence-corrected chi connectivity index (χ3v) is 6.81. The molecule has 0 saturated heterocycles. The molecular weight excluding hydrogens is 408 g/mol. The van der Waals surface area contributed by atoms with E-state index in [0.717, 1.165) is 41.9 Å². The summed E-state index contributed by atoms with van der Waals surface area (Å²) in [5.74, 6) is 1.14. The summed E-state index contributed by atoms with van der Waals surface area (Å²) in [4.78, 5) is 24.8. The Hall–Kier alpha value is -2.42. The molecule has 1 aliphatic rings. The number of carbonyl (C=O) groups is 2. The minimum atomic E-state index is -0.394. The fourth-order valence-electron chi connectivity index (χ4n) is 4.67. The predicted octanol–water partition coefficient (Wildman–Crippen LogP) is 7.60. The van der Waals surface area contributed by atoms with Crippen LogP contribution in [0.5, 0.6) is 5.75 Å². The predicted molar refractivity (Wildman–Crippen MR) is 136 cm³/mol. The topological polar surface area (TPSA) is 43.4 Å². The standard InChI is InChI=1S/C30H40O3/c1-3-4-5-6-7-8-9-20-33-27-17-15-26(16-18-27)25-13-11-24(12-14-25)22-30(32)28-19-10-23(2)21-29(28)31/h11-18,23,28H,3-10,19-22H2,1-2H3. The first-order valence-corrected chi connectivity index (χ1v) is 12.9. The van der Waals surface area contributed by atoms with Gasteiger partial charge in [-0.2, -0.15) is 0 Å². The first-order valence-electron chi connectivity index (χ1n) is 12.9.